The maximum atomic E-state index is 2.50. The van der Waals surface area contributed by atoms with Gasteiger partial charge in [-0.3, -0.25) is 0 Å². The number of benzene rings is 10. The Morgan fingerprint density at radius 1 is 0.270 bits per heavy atom. The first-order valence-electron chi connectivity index (χ1n) is 21.8. The second kappa shape index (κ2) is 15.2. The summed E-state index contributed by atoms with van der Waals surface area (Å²) in [5, 5.41) is 10.5. The third-order valence-corrected chi connectivity index (χ3v) is 17.9. The first-order chi connectivity index (χ1) is 31.3. The van der Waals surface area contributed by atoms with Crippen LogP contribution in [0.4, 0.5) is 0 Å². The third kappa shape index (κ3) is 5.85. The number of hydrogen-bond acceptors (Lipinski definition) is 0. The minimum Gasteiger partial charge on any atom is -0.309 e. The Morgan fingerprint density at radius 2 is 0.698 bits per heavy atom. The Labute approximate surface area is 368 Å². The Kier molecular flexibility index (Phi) is 8.87. The van der Waals surface area contributed by atoms with Crippen LogP contribution in [0.5, 0.6) is 0 Å². The zero-order chi connectivity index (χ0) is 41.7. The summed E-state index contributed by atoms with van der Waals surface area (Å²) < 4.78 is 4.97. The van der Waals surface area contributed by atoms with Crippen LogP contribution < -0.4 is 20.7 Å². The molecule has 0 spiro atoms. The van der Waals surface area contributed by atoms with Crippen molar-refractivity contribution in [3.8, 4) is 33.6 Å². The van der Waals surface area contributed by atoms with Crippen molar-refractivity contribution in [2.24, 2.45) is 0 Å². The molecule has 0 fully saturated rings. The molecule has 2 nitrogen and oxygen atoms in total. The normalized spacial score (nSPS) is 11.8. The average molecular weight is 819 g/mol. The van der Waals surface area contributed by atoms with Gasteiger partial charge in [0.2, 0.25) is 0 Å². The number of nitrogens with zero attached hydrogens (tertiary/aromatic N) is 2. The molecule has 63 heavy (non-hydrogen) atoms. The van der Waals surface area contributed by atoms with E-state index in [1.807, 2.05) is 0 Å². The smallest absolute Gasteiger partial charge is 0.180 e. The zero-order valence-electron chi connectivity index (χ0n) is 34.6. The lowest BCUT2D eigenvalue weighted by Crippen LogP contribution is -2.74. The zero-order valence-corrected chi connectivity index (χ0v) is 35.6. The number of aromatic nitrogens is 2. The van der Waals surface area contributed by atoms with E-state index in [0.717, 1.165) is 11.4 Å². The third-order valence-electron chi connectivity index (χ3n) is 13.1. The van der Waals surface area contributed by atoms with E-state index in [4.69, 9.17) is 0 Å². The summed E-state index contributed by atoms with van der Waals surface area (Å²) in [4.78, 5) is 0. The standard InChI is InChI=1S/C60H42N2Si/c1-6-21-43(22-7-1)50-39-37-45(41-54(50)44-23-8-2-9-24-44)62-55-33-18-16-31-51(55)52-40-38-46(42-58(52)62)61-56-34-19-17-32-53(56)60-57(61)35-20-36-59(60)63(47-25-10-3-11-26-47,48-27-12-4-13-28-48)49-29-14-5-15-30-49/h1-42H. The molecule has 0 radical (unpaired) electrons. The van der Waals surface area contributed by atoms with Crippen LogP contribution in [0.25, 0.3) is 77.2 Å². The number of rotatable bonds is 8. The predicted molar refractivity (Wildman–Crippen MR) is 270 cm³/mol. The molecule has 0 unspecified atom stereocenters. The molecule has 0 saturated heterocycles. The van der Waals surface area contributed by atoms with E-state index in [0.29, 0.717) is 0 Å². The van der Waals surface area contributed by atoms with Crippen LogP contribution in [0.1, 0.15) is 0 Å². The number of hydrogen-bond donors (Lipinski definition) is 0. The highest BCUT2D eigenvalue weighted by Crippen LogP contribution is 2.40. The van der Waals surface area contributed by atoms with Crippen molar-refractivity contribution < 1.29 is 0 Å². The fraction of sp³-hybridized carbons (Fsp3) is 0. The minimum atomic E-state index is -2.87. The summed E-state index contributed by atoms with van der Waals surface area (Å²) in [6, 6.07) is 94.2. The maximum absolute atomic E-state index is 2.87. The lowest BCUT2D eigenvalue weighted by molar-refractivity contribution is 1.15. The second-order valence-corrected chi connectivity index (χ2v) is 20.2. The Balaban J connectivity index is 1.14. The van der Waals surface area contributed by atoms with Crippen LogP contribution in [0.3, 0.4) is 0 Å². The second-order valence-electron chi connectivity index (χ2n) is 16.4. The summed E-state index contributed by atoms with van der Waals surface area (Å²) in [5.41, 5.74) is 11.8. The van der Waals surface area contributed by atoms with Crippen LogP contribution in [-0.2, 0) is 0 Å². The van der Waals surface area contributed by atoms with Gasteiger partial charge in [0.05, 0.1) is 22.1 Å². The van der Waals surface area contributed by atoms with Gasteiger partial charge >= 0.3 is 0 Å². The van der Waals surface area contributed by atoms with Gasteiger partial charge in [0, 0.05) is 32.9 Å². The van der Waals surface area contributed by atoms with E-state index in [-0.39, 0.29) is 0 Å². The molecule has 0 aliphatic heterocycles. The Bertz CT molecular complexity index is 3500. The molecule has 2 aromatic heterocycles. The summed E-state index contributed by atoms with van der Waals surface area (Å²) in [5.74, 6) is 0. The first kappa shape index (κ1) is 36.8. The molecule has 0 atom stereocenters. The Hall–Kier alpha value is -7.98. The molecule has 296 valence electrons. The lowest BCUT2D eigenvalue weighted by Gasteiger charge is -2.35. The number of fused-ring (bicyclic) bond motifs is 6. The van der Waals surface area contributed by atoms with Gasteiger partial charge in [-0.15, -0.1) is 0 Å². The van der Waals surface area contributed by atoms with Crippen molar-refractivity contribution in [3.05, 3.63) is 255 Å². The number of para-hydroxylation sites is 2. The summed E-state index contributed by atoms with van der Waals surface area (Å²) in [6.45, 7) is 0. The van der Waals surface area contributed by atoms with E-state index in [1.54, 1.807) is 0 Å². The maximum Gasteiger partial charge on any atom is 0.180 e. The van der Waals surface area contributed by atoms with E-state index in [9.17, 15) is 0 Å². The van der Waals surface area contributed by atoms with Gasteiger partial charge in [-0.05, 0) is 85.5 Å². The van der Waals surface area contributed by atoms with Crippen molar-refractivity contribution >= 4 is 72.4 Å². The van der Waals surface area contributed by atoms with E-state index >= 15 is 0 Å². The van der Waals surface area contributed by atoms with Crippen molar-refractivity contribution in [1.29, 1.82) is 0 Å². The van der Waals surface area contributed by atoms with Gasteiger partial charge in [0.1, 0.15) is 0 Å². The van der Waals surface area contributed by atoms with Gasteiger partial charge < -0.3 is 9.13 Å². The molecular weight excluding hydrogens is 777 g/mol. The first-order valence-corrected chi connectivity index (χ1v) is 23.8. The molecule has 0 saturated carbocycles. The molecule has 12 aromatic rings. The highest BCUT2D eigenvalue weighted by molar-refractivity contribution is 7.20. The largest absolute Gasteiger partial charge is 0.309 e. The van der Waals surface area contributed by atoms with Gasteiger partial charge in [-0.25, -0.2) is 0 Å². The molecule has 10 aromatic carbocycles. The van der Waals surface area contributed by atoms with Crippen LogP contribution in [-0.4, -0.2) is 17.2 Å². The summed E-state index contributed by atoms with van der Waals surface area (Å²) in [6.07, 6.45) is 0. The van der Waals surface area contributed by atoms with Crippen molar-refractivity contribution in [2.45, 2.75) is 0 Å². The average Bonchev–Trinajstić information content (AvgIpc) is 3.88. The van der Waals surface area contributed by atoms with Crippen molar-refractivity contribution in [2.75, 3.05) is 0 Å². The van der Waals surface area contributed by atoms with Crippen LogP contribution in [0.2, 0.25) is 0 Å². The summed E-state index contributed by atoms with van der Waals surface area (Å²) >= 11 is 0. The van der Waals surface area contributed by atoms with E-state index < -0.39 is 8.07 Å². The highest BCUT2D eigenvalue weighted by atomic mass is 28.3. The molecule has 12 rings (SSSR count). The van der Waals surface area contributed by atoms with Gasteiger partial charge in [0.15, 0.2) is 8.07 Å². The fourth-order valence-corrected chi connectivity index (χ4v) is 15.4. The molecule has 0 N–H and O–H groups in total. The van der Waals surface area contributed by atoms with Crippen LogP contribution >= 0.6 is 0 Å². The Morgan fingerprint density at radius 3 is 1.30 bits per heavy atom. The van der Waals surface area contributed by atoms with Gasteiger partial charge in [-0.1, -0.05) is 212 Å². The SMILES string of the molecule is c1ccc(-c2ccc(-n3c4ccccc4c4ccc(-n5c6ccccc6c6c([Si](c7ccccc7)(c7ccccc7)c7ccccc7)cccc65)cc43)cc2-c2ccccc2)cc1. The molecule has 0 aliphatic rings. The van der Waals surface area contributed by atoms with Crippen molar-refractivity contribution in [1.82, 2.24) is 9.13 Å². The molecule has 2 heterocycles. The lowest BCUT2D eigenvalue weighted by atomic mass is 9.94. The molecule has 0 bridgehead atoms. The monoisotopic (exact) mass is 818 g/mol. The van der Waals surface area contributed by atoms with Crippen molar-refractivity contribution in [3.63, 3.8) is 0 Å². The fourth-order valence-electron chi connectivity index (χ4n) is 10.4. The van der Waals surface area contributed by atoms with E-state index in [2.05, 4.69) is 264 Å². The summed E-state index contributed by atoms with van der Waals surface area (Å²) in [7, 11) is -2.87. The predicted octanol–water partition coefficient (Wildman–Crippen LogP) is 12.6. The quantitative estimate of drug-likeness (QED) is 0.107. The molecule has 0 amide bonds. The molecule has 0 aliphatic carbocycles. The van der Waals surface area contributed by atoms with Crippen LogP contribution in [0, 0.1) is 0 Å². The van der Waals surface area contributed by atoms with E-state index in [1.165, 1.54) is 86.6 Å². The van der Waals surface area contributed by atoms with Crippen LogP contribution in [0.15, 0.2) is 255 Å². The highest BCUT2D eigenvalue weighted by Gasteiger charge is 2.43. The minimum absolute atomic E-state index is 1.13. The van der Waals surface area contributed by atoms with Gasteiger partial charge in [-0.2, -0.15) is 0 Å². The molecule has 3 heteroatoms. The van der Waals surface area contributed by atoms with Gasteiger partial charge in [0.25, 0.3) is 0 Å². The topological polar surface area (TPSA) is 9.86 Å². The molecular formula is C60H42N2Si.